The maximum atomic E-state index is 9.35. The number of hydrogen-bond acceptors (Lipinski definition) is 3. The van der Waals surface area contributed by atoms with Gasteiger partial charge in [-0.05, 0) is 18.6 Å². The maximum Gasteiger partial charge on any atom is 0.144 e. The van der Waals surface area contributed by atoms with Gasteiger partial charge in [-0.15, -0.1) is 0 Å². The molecule has 0 aliphatic heterocycles. The highest BCUT2D eigenvalue weighted by Gasteiger charge is 2.13. The molecular formula is C14H18N2O2. The lowest BCUT2D eigenvalue weighted by molar-refractivity contribution is 0.280. The van der Waals surface area contributed by atoms with Crippen molar-refractivity contribution in [2.75, 3.05) is 7.11 Å². The Balaban J connectivity index is 2.52. The van der Waals surface area contributed by atoms with Crippen LogP contribution in [-0.4, -0.2) is 22.0 Å². The van der Waals surface area contributed by atoms with E-state index in [4.69, 9.17) is 4.74 Å². The molecule has 1 heterocycles. The van der Waals surface area contributed by atoms with E-state index in [2.05, 4.69) is 12.0 Å². The third-order valence-electron chi connectivity index (χ3n) is 2.93. The number of hydrogen-bond donors (Lipinski definition) is 1. The summed E-state index contributed by atoms with van der Waals surface area (Å²) >= 11 is 0. The van der Waals surface area contributed by atoms with Crippen molar-refractivity contribution in [1.29, 1.82) is 0 Å². The minimum absolute atomic E-state index is 0.0183. The summed E-state index contributed by atoms with van der Waals surface area (Å²) in [5.74, 6) is 0.780. The van der Waals surface area contributed by atoms with Gasteiger partial charge in [0.15, 0.2) is 0 Å². The van der Waals surface area contributed by atoms with Gasteiger partial charge in [-0.3, -0.25) is 0 Å². The molecule has 2 aromatic rings. The number of rotatable bonds is 5. The van der Waals surface area contributed by atoms with Crippen LogP contribution in [0.15, 0.2) is 30.5 Å². The monoisotopic (exact) mass is 246 g/mol. The molecule has 0 saturated heterocycles. The second-order valence-electron chi connectivity index (χ2n) is 4.11. The third kappa shape index (κ3) is 2.24. The zero-order valence-corrected chi connectivity index (χ0v) is 10.8. The summed E-state index contributed by atoms with van der Waals surface area (Å²) in [5.41, 5.74) is 2.83. The van der Waals surface area contributed by atoms with Crippen LogP contribution in [0.1, 0.15) is 24.6 Å². The number of aromatic nitrogens is 2. The van der Waals surface area contributed by atoms with Crippen molar-refractivity contribution in [3.63, 3.8) is 0 Å². The predicted octanol–water partition coefficient (Wildman–Crippen LogP) is 2.33. The molecule has 18 heavy (non-hydrogen) atoms. The van der Waals surface area contributed by atoms with Gasteiger partial charge >= 0.3 is 0 Å². The van der Waals surface area contributed by atoms with Crippen molar-refractivity contribution in [1.82, 2.24) is 9.78 Å². The van der Waals surface area contributed by atoms with E-state index in [0.717, 1.165) is 35.5 Å². The number of para-hydroxylation sites is 2. The lowest BCUT2D eigenvalue weighted by Crippen LogP contribution is -2.05. The van der Waals surface area contributed by atoms with Gasteiger partial charge in [-0.25, -0.2) is 4.68 Å². The quantitative estimate of drug-likeness (QED) is 0.880. The molecule has 96 valence electrons. The predicted molar refractivity (Wildman–Crippen MR) is 70.0 cm³/mol. The minimum Gasteiger partial charge on any atom is -0.494 e. The standard InChI is InChI=1S/C14H18N2O2/c1-3-6-12-11(10-17)9-15-16(12)13-7-4-5-8-14(13)18-2/h4-5,7-9,17H,3,6,10H2,1-2H3. The number of benzene rings is 1. The molecule has 0 bridgehead atoms. The molecule has 0 amide bonds. The van der Waals surface area contributed by atoms with Crippen LogP contribution < -0.4 is 4.74 Å². The molecule has 0 fully saturated rings. The Morgan fingerprint density at radius 1 is 1.33 bits per heavy atom. The van der Waals surface area contributed by atoms with E-state index in [0.29, 0.717) is 0 Å². The van der Waals surface area contributed by atoms with Crippen molar-refractivity contribution in [2.45, 2.75) is 26.4 Å². The normalized spacial score (nSPS) is 10.6. The molecular weight excluding hydrogens is 228 g/mol. The van der Waals surface area contributed by atoms with Gasteiger partial charge in [0.2, 0.25) is 0 Å². The molecule has 0 aliphatic rings. The average Bonchev–Trinajstić information content (AvgIpc) is 2.82. The number of aliphatic hydroxyl groups excluding tert-OH is 1. The molecule has 0 spiro atoms. The molecule has 0 radical (unpaired) electrons. The van der Waals surface area contributed by atoms with Crippen molar-refractivity contribution >= 4 is 0 Å². The van der Waals surface area contributed by atoms with Crippen LogP contribution in [0.4, 0.5) is 0 Å². The Labute approximate surface area is 107 Å². The lowest BCUT2D eigenvalue weighted by Gasteiger charge is -2.11. The van der Waals surface area contributed by atoms with Gasteiger partial charge in [0.1, 0.15) is 11.4 Å². The van der Waals surface area contributed by atoms with Crippen molar-refractivity contribution < 1.29 is 9.84 Å². The van der Waals surface area contributed by atoms with Gasteiger partial charge in [0, 0.05) is 11.3 Å². The number of ether oxygens (including phenoxy) is 1. The van der Waals surface area contributed by atoms with Crippen LogP contribution in [0.2, 0.25) is 0 Å². The van der Waals surface area contributed by atoms with E-state index in [9.17, 15) is 5.11 Å². The zero-order chi connectivity index (χ0) is 13.0. The molecule has 1 aromatic heterocycles. The third-order valence-corrected chi connectivity index (χ3v) is 2.93. The Bertz CT molecular complexity index is 520. The van der Waals surface area contributed by atoms with E-state index in [1.54, 1.807) is 13.3 Å². The smallest absolute Gasteiger partial charge is 0.144 e. The largest absolute Gasteiger partial charge is 0.494 e. The maximum absolute atomic E-state index is 9.35. The van der Waals surface area contributed by atoms with Crippen molar-refractivity contribution in [2.24, 2.45) is 0 Å². The van der Waals surface area contributed by atoms with Crippen molar-refractivity contribution in [3.8, 4) is 11.4 Å². The Hall–Kier alpha value is -1.81. The van der Waals surface area contributed by atoms with Gasteiger partial charge in [0.25, 0.3) is 0 Å². The summed E-state index contributed by atoms with van der Waals surface area (Å²) < 4.78 is 7.21. The number of aliphatic hydroxyl groups is 1. The topological polar surface area (TPSA) is 47.3 Å². The molecule has 4 heteroatoms. The fourth-order valence-electron chi connectivity index (χ4n) is 2.06. The first-order valence-electron chi connectivity index (χ1n) is 6.11. The van der Waals surface area contributed by atoms with Crippen LogP contribution >= 0.6 is 0 Å². The van der Waals surface area contributed by atoms with Gasteiger partial charge in [-0.2, -0.15) is 5.10 Å². The second kappa shape index (κ2) is 5.69. The van der Waals surface area contributed by atoms with Crippen LogP contribution in [0.5, 0.6) is 5.75 Å². The lowest BCUT2D eigenvalue weighted by atomic mass is 10.1. The Kier molecular flexibility index (Phi) is 3.99. The Morgan fingerprint density at radius 2 is 2.11 bits per heavy atom. The first-order chi connectivity index (χ1) is 8.81. The molecule has 4 nitrogen and oxygen atoms in total. The minimum atomic E-state index is 0.0183. The second-order valence-corrected chi connectivity index (χ2v) is 4.11. The molecule has 1 N–H and O–H groups in total. The summed E-state index contributed by atoms with van der Waals surface area (Å²) in [5, 5.41) is 13.7. The molecule has 0 unspecified atom stereocenters. The summed E-state index contributed by atoms with van der Waals surface area (Å²) in [6.07, 6.45) is 3.61. The van der Waals surface area contributed by atoms with Crippen LogP contribution in [0.25, 0.3) is 5.69 Å². The van der Waals surface area contributed by atoms with E-state index in [1.165, 1.54) is 0 Å². The van der Waals surface area contributed by atoms with Crippen molar-refractivity contribution in [3.05, 3.63) is 41.7 Å². The average molecular weight is 246 g/mol. The zero-order valence-electron chi connectivity index (χ0n) is 10.8. The summed E-state index contributed by atoms with van der Waals surface area (Å²) in [6.45, 7) is 2.13. The van der Waals surface area contributed by atoms with Gasteiger partial charge in [0.05, 0.1) is 19.9 Å². The number of nitrogens with zero attached hydrogens (tertiary/aromatic N) is 2. The highest BCUT2D eigenvalue weighted by molar-refractivity contribution is 5.47. The first kappa shape index (κ1) is 12.6. The highest BCUT2D eigenvalue weighted by Crippen LogP contribution is 2.25. The van der Waals surface area contributed by atoms with Crippen LogP contribution in [0.3, 0.4) is 0 Å². The van der Waals surface area contributed by atoms with Crippen LogP contribution in [0, 0.1) is 0 Å². The molecule has 0 atom stereocenters. The summed E-state index contributed by atoms with van der Waals surface area (Å²) in [6, 6.07) is 7.75. The highest BCUT2D eigenvalue weighted by atomic mass is 16.5. The van der Waals surface area contributed by atoms with E-state index in [-0.39, 0.29) is 6.61 Å². The van der Waals surface area contributed by atoms with E-state index in [1.807, 2.05) is 28.9 Å². The summed E-state index contributed by atoms with van der Waals surface area (Å²) in [4.78, 5) is 0. The summed E-state index contributed by atoms with van der Waals surface area (Å²) in [7, 11) is 1.65. The molecule has 1 aromatic carbocycles. The number of methoxy groups -OCH3 is 1. The first-order valence-corrected chi connectivity index (χ1v) is 6.11. The molecule has 2 rings (SSSR count). The molecule has 0 saturated carbocycles. The fraction of sp³-hybridized carbons (Fsp3) is 0.357. The SMILES string of the molecule is CCCc1c(CO)cnn1-c1ccccc1OC. The Morgan fingerprint density at radius 3 is 2.78 bits per heavy atom. The molecule has 0 aliphatic carbocycles. The van der Waals surface area contributed by atoms with Gasteiger partial charge < -0.3 is 9.84 Å². The van der Waals surface area contributed by atoms with E-state index < -0.39 is 0 Å². The van der Waals surface area contributed by atoms with Gasteiger partial charge in [-0.1, -0.05) is 25.5 Å². The van der Waals surface area contributed by atoms with Crippen LogP contribution in [-0.2, 0) is 13.0 Å². The van der Waals surface area contributed by atoms with E-state index >= 15 is 0 Å². The fourth-order valence-corrected chi connectivity index (χ4v) is 2.06.